The quantitative estimate of drug-likeness (QED) is 0.496. The normalized spacial score (nSPS) is 19.0. The lowest BCUT2D eigenvalue weighted by molar-refractivity contribution is 0.145. The Morgan fingerprint density at radius 2 is 2.19 bits per heavy atom. The van der Waals surface area contributed by atoms with E-state index in [1.807, 2.05) is 14.0 Å². The van der Waals surface area contributed by atoms with Crippen molar-refractivity contribution >= 4 is 5.96 Å². The number of ether oxygens (including phenoxy) is 1. The molecule has 1 atom stereocenters. The standard InChI is InChI=1S/C17H27N3O/c1-3-21-13-7-11-19-17(18-2)20-12-10-16(14-20)15-8-5-4-6-9-15/h4-6,8-9,16H,3,7,10-14H2,1-2H3,(H,18,19). The van der Waals surface area contributed by atoms with E-state index in [1.165, 1.54) is 12.0 Å². The maximum Gasteiger partial charge on any atom is 0.193 e. The maximum atomic E-state index is 5.36. The van der Waals surface area contributed by atoms with E-state index >= 15 is 0 Å². The SMILES string of the molecule is CCOCCCNC(=NC)N1CCC(c2ccccc2)C1. The summed E-state index contributed by atoms with van der Waals surface area (Å²) in [5.74, 6) is 1.64. The van der Waals surface area contributed by atoms with E-state index in [1.54, 1.807) is 0 Å². The summed E-state index contributed by atoms with van der Waals surface area (Å²) in [5, 5.41) is 3.44. The van der Waals surface area contributed by atoms with Gasteiger partial charge in [-0.2, -0.15) is 0 Å². The molecule has 0 aliphatic carbocycles. The molecule has 1 unspecified atom stereocenters. The smallest absolute Gasteiger partial charge is 0.193 e. The Bertz CT molecular complexity index is 433. The molecule has 1 saturated heterocycles. The van der Waals surface area contributed by atoms with Gasteiger partial charge >= 0.3 is 0 Å². The topological polar surface area (TPSA) is 36.9 Å². The van der Waals surface area contributed by atoms with Crippen LogP contribution in [0.2, 0.25) is 0 Å². The van der Waals surface area contributed by atoms with Crippen LogP contribution in [0.4, 0.5) is 0 Å². The van der Waals surface area contributed by atoms with E-state index in [0.29, 0.717) is 5.92 Å². The molecule has 0 bridgehead atoms. The lowest BCUT2D eigenvalue weighted by Gasteiger charge is -2.21. The predicted molar refractivity (Wildman–Crippen MR) is 87.8 cm³/mol. The Kier molecular flexibility index (Phi) is 6.54. The lowest BCUT2D eigenvalue weighted by Crippen LogP contribution is -2.40. The molecule has 1 aliphatic rings. The van der Waals surface area contributed by atoms with E-state index in [0.717, 1.165) is 45.2 Å². The highest BCUT2D eigenvalue weighted by Crippen LogP contribution is 2.26. The van der Waals surface area contributed by atoms with E-state index < -0.39 is 0 Å². The summed E-state index contributed by atoms with van der Waals surface area (Å²) in [7, 11) is 1.86. The summed E-state index contributed by atoms with van der Waals surface area (Å²) < 4.78 is 5.36. The Morgan fingerprint density at radius 1 is 1.38 bits per heavy atom. The Morgan fingerprint density at radius 3 is 2.90 bits per heavy atom. The molecule has 1 aromatic rings. The molecule has 116 valence electrons. The van der Waals surface area contributed by atoms with E-state index in [9.17, 15) is 0 Å². The van der Waals surface area contributed by atoms with Crippen LogP contribution in [0.5, 0.6) is 0 Å². The number of aliphatic imine (C=N–C) groups is 1. The van der Waals surface area contributed by atoms with Crippen molar-refractivity contribution in [3.05, 3.63) is 35.9 Å². The van der Waals surface area contributed by atoms with Crippen molar-refractivity contribution in [1.82, 2.24) is 10.2 Å². The average molecular weight is 289 g/mol. The van der Waals surface area contributed by atoms with Gasteiger partial charge in [0.1, 0.15) is 0 Å². The lowest BCUT2D eigenvalue weighted by atomic mass is 9.99. The van der Waals surface area contributed by atoms with Crippen molar-refractivity contribution in [2.45, 2.75) is 25.7 Å². The highest BCUT2D eigenvalue weighted by molar-refractivity contribution is 5.80. The fourth-order valence-electron chi connectivity index (χ4n) is 2.80. The second-order valence-corrected chi connectivity index (χ2v) is 5.37. The van der Waals surface area contributed by atoms with Gasteiger partial charge in [0.15, 0.2) is 5.96 Å². The number of nitrogens with zero attached hydrogens (tertiary/aromatic N) is 2. The second kappa shape index (κ2) is 8.67. The number of hydrogen-bond acceptors (Lipinski definition) is 2. The molecule has 1 N–H and O–H groups in total. The first kappa shape index (κ1) is 15.8. The minimum Gasteiger partial charge on any atom is -0.382 e. The molecular weight excluding hydrogens is 262 g/mol. The minimum absolute atomic E-state index is 0.619. The van der Waals surface area contributed by atoms with Gasteiger partial charge in [-0.25, -0.2) is 0 Å². The summed E-state index contributed by atoms with van der Waals surface area (Å²) >= 11 is 0. The van der Waals surface area contributed by atoms with Gasteiger partial charge in [0.25, 0.3) is 0 Å². The highest BCUT2D eigenvalue weighted by atomic mass is 16.5. The van der Waals surface area contributed by atoms with Gasteiger partial charge < -0.3 is 15.0 Å². The molecule has 4 heteroatoms. The number of rotatable bonds is 6. The summed E-state index contributed by atoms with van der Waals surface area (Å²) in [6.45, 7) is 6.67. The minimum atomic E-state index is 0.619. The molecule has 0 radical (unpaired) electrons. The zero-order valence-corrected chi connectivity index (χ0v) is 13.2. The summed E-state index contributed by atoms with van der Waals surface area (Å²) in [4.78, 5) is 6.77. The third-order valence-electron chi connectivity index (χ3n) is 3.92. The number of benzene rings is 1. The van der Waals surface area contributed by atoms with Crippen LogP contribution < -0.4 is 5.32 Å². The number of guanidine groups is 1. The monoisotopic (exact) mass is 289 g/mol. The summed E-state index contributed by atoms with van der Waals surface area (Å²) in [6.07, 6.45) is 2.21. The zero-order chi connectivity index (χ0) is 14.9. The second-order valence-electron chi connectivity index (χ2n) is 5.37. The Hall–Kier alpha value is -1.55. The first-order valence-corrected chi connectivity index (χ1v) is 7.93. The molecule has 1 aliphatic heterocycles. The van der Waals surface area contributed by atoms with Crippen molar-refractivity contribution in [3.8, 4) is 0 Å². The fraction of sp³-hybridized carbons (Fsp3) is 0.588. The van der Waals surface area contributed by atoms with Gasteiger partial charge in [0.2, 0.25) is 0 Å². The molecule has 0 amide bonds. The number of hydrogen-bond donors (Lipinski definition) is 1. The van der Waals surface area contributed by atoms with E-state index in [2.05, 4.69) is 45.5 Å². The van der Waals surface area contributed by atoms with Gasteiger partial charge in [-0.05, 0) is 25.3 Å². The first-order chi connectivity index (χ1) is 10.3. The molecular formula is C17H27N3O. The predicted octanol–water partition coefficient (Wildman–Crippen LogP) is 2.48. The number of likely N-dealkylation sites (tertiary alicyclic amines) is 1. The van der Waals surface area contributed by atoms with Crippen molar-refractivity contribution in [1.29, 1.82) is 0 Å². The van der Waals surface area contributed by atoms with Gasteiger partial charge in [-0.15, -0.1) is 0 Å². The van der Waals surface area contributed by atoms with Gasteiger partial charge in [0.05, 0.1) is 0 Å². The molecule has 1 heterocycles. The third-order valence-corrected chi connectivity index (χ3v) is 3.92. The molecule has 4 nitrogen and oxygen atoms in total. The van der Waals surface area contributed by atoms with Crippen LogP contribution in [0.3, 0.4) is 0 Å². The van der Waals surface area contributed by atoms with Gasteiger partial charge in [0, 0.05) is 45.8 Å². The zero-order valence-electron chi connectivity index (χ0n) is 13.2. The molecule has 0 spiro atoms. The summed E-state index contributed by atoms with van der Waals surface area (Å²) in [6, 6.07) is 10.8. The molecule has 2 rings (SSSR count). The maximum absolute atomic E-state index is 5.36. The first-order valence-electron chi connectivity index (χ1n) is 7.93. The Labute approximate surface area is 128 Å². The molecule has 1 fully saturated rings. The molecule has 21 heavy (non-hydrogen) atoms. The molecule has 0 saturated carbocycles. The van der Waals surface area contributed by atoms with Crippen LogP contribution in [-0.4, -0.2) is 50.8 Å². The van der Waals surface area contributed by atoms with Crippen molar-refractivity contribution in [2.75, 3.05) is 39.9 Å². The van der Waals surface area contributed by atoms with Gasteiger partial charge in [-0.1, -0.05) is 30.3 Å². The van der Waals surface area contributed by atoms with Crippen LogP contribution in [0, 0.1) is 0 Å². The van der Waals surface area contributed by atoms with E-state index in [-0.39, 0.29) is 0 Å². The third kappa shape index (κ3) is 4.74. The largest absolute Gasteiger partial charge is 0.382 e. The van der Waals surface area contributed by atoms with Crippen molar-refractivity contribution < 1.29 is 4.74 Å². The van der Waals surface area contributed by atoms with Crippen LogP contribution >= 0.6 is 0 Å². The molecule has 0 aromatic heterocycles. The average Bonchev–Trinajstić information content (AvgIpc) is 3.01. The van der Waals surface area contributed by atoms with Crippen LogP contribution in [0.1, 0.15) is 31.2 Å². The highest BCUT2D eigenvalue weighted by Gasteiger charge is 2.25. The van der Waals surface area contributed by atoms with Crippen LogP contribution in [0.25, 0.3) is 0 Å². The van der Waals surface area contributed by atoms with Crippen molar-refractivity contribution in [2.24, 2.45) is 4.99 Å². The summed E-state index contributed by atoms with van der Waals surface area (Å²) in [5.41, 5.74) is 1.44. The van der Waals surface area contributed by atoms with E-state index in [4.69, 9.17) is 4.74 Å². The van der Waals surface area contributed by atoms with Crippen molar-refractivity contribution in [3.63, 3.8) is 0 Å². The van der Waals surface area contributed by atoms with Gasteiger partial charge in [-0.3, -0.25) is 4.99 Å². The van der Waals surface area contributed by atoms with Crippen LogP contribution in [-0.2, 0) is 4.74 Å². The Balaban J connectivity index is 1.79. The number of nitrogens with one attached hydrogen (secondary N) is 1. The molecule has 1 aromatic carbocycles. The van der Waals surface area contributed by atoms with Crippen LogP contribution in [0.15, 0.2) is 35.3 Å². The fourth-order valence-corrected chi connectivity index (χ4v) is 2.80.